The number of ether oxygens (including phenoxy) is 1. The number of nitrogens with zero attached hydrogens (tertiary/aromatic N) is 4. The van der Waals surface area contributed by atoms with Gasteiger partial charge in [0.15, 0.2) is 5.65 Å². The van der Waals surface area contributed by atoms with Crippen LogP contribution in [0.4, 0.5) is 11.5 Å². The Morgan fingerprint density at radius 2 is 1.91 bits per heavy atom. The molecule has 1 aliphatic rings. The monoisotopic (exact) mass is 457 g/mol. The van der Waals surface area contributed by atoms with Crippen LogP contribution in [0.5, 0.6) is 0 Å². The van der Waals surface area contributed by atoms with Gasteiger partial charge in [-0.15, -0.1) is 0 Å². The van der Waals surface area contributed by atoms with Crippen LogP contribution in [0.2, 0.25) is 0 Å². The number of morpholine rings is 1. The van der Waals surface area contributed by atoms with Crippen molar-refractivity contribution in [1.82, 2.24) is 19.3 Å². The molecule has 9 heteroatoms. The van der Waals surface area contributed by atoms with Gasteiger partial charge in [-0.2, -0.15) is 0 Å². The molecular weight excluding hydrogens is 434 g/mol. The molecule has 1 fully saturated rings. The molecule has 0 saturated carbocycles. The van der Waals surface area contributed by atoms with Crippen molar-refractivity contribution in [1.29, 1.82) is 0 Å². The van der Waals surface area contributed by atoms with E-state index >= 15 is 0 Å². The van der Waals surface area contributed by atoms with Crippen molar-refractivity contribution >= 4 is 29.0 Å². The first-order chi connectivity index (χ1) is 16.6. The van der Waals surface area contributed by atoms with Crippen molar-refractivity contribution in [3.63, 3.8) is 0 Å². The topological polar surface area (TPSA) is 109 Å². The van der Waals surface area contributed by atoms with Crippen LogP contribution >= 0.6 is 0 Å². The molecule has 5 rings (SSSR count). The van der Waals surface area contributed by atoms with Crippen LogP contribution in [0.1, 0.15) is 15.9 Å². The van der Waals surface area contributed by atoms with Crippen LogP contribution in [0, 0.1) is 0 Å². The summed E-state index contributed by atoms with van der Waals surface area (Å²) in [4.78, 5) is 34.4. The van der Waals surface area contributed by atoms with E-state index in [1.807, 2.05) is 41.1 Å². The van der Waals surface area contributed by atoms with Gasteiger partial charge in [-0.1, -0.05) is 24.3 Å². The molecule has 0 radical (unpaired) electrons. The van der Waals surface area contributed by atoms with Gasteiger partial charge in [0, 0.05) is 43.4 Å². The van der Waals surface area contributed by atoms with Gasteiger partial charge in [0.05, 0.1) is 30.9 Å². The normalized spacial score (nSPS) is 13.7. The van der Waals surface area contributed by atoms with Crippen molar-refractivity contribution in [2.24, 2.45) is 0 Å². The Morgan fingerprint density at radius 3 is 2.68 bits per heavy atom. The lowest BCUT2D eigenvalue weighted by atomic mass is 10.0. The zero-order valence-electron chi connectivity index (χ0n) is 18.3. The van der Waals surface area contributed by atoms with E-state index < -0.39 is 5.97 Å². The maximum atomic E-state index is 12.7. The highest BCUT2D eigenvalue weighted by Crippen LogP contribution is 2.28. The molecule has 0 aliphatic carbocycles. The maximum absolute atomic E-state index is 12.7. The van der Waals surface area contributed by atoms with E-state index in [0.29, 0.717) is 37.7 Å². The summed E-state index contributed by atoms with van der Waals surface area (Å²) in [5.41, 5.74) is 4.53. The van der Waals surface area contributed by atoms with Gasteiger partial charge in [0.2, 0.25) is 0 Å². The fourth-order valence-corrected chi connectivity index (χ4v) is 4.00. The second-order valence-corrected chi connectivity index (χ2v) is 8.03. The van der Waals surface area contributed by atoms with Crippen LogP contribution < -0.4 is 5.32 Å². The van der Waals surface area contributed by atoms with Crippen LogP contribution in [0.15, 0.2) is 67.3 Å². The average Bonchev–Trinajstić information content (AvgIpc) is 3.34. The molecule has 2 N–H and O–H groups in total. The van der Waals surface area contributed by atoms with E-state index in [1.54, 1.807) is 35.5 Å². The number of imidazole rings is 1. The minimum absolute atomic E-state index is 0.0360. The Balaban J connectivity index is 1.41. The number of carboxylic acid groups (broad SMARTS) is 1. The standard InChI is InChI=1S/C25H23N5O4/c31-23(32)13-17-2-1-3-18(12-17)20-14-21(24-26-6-7-30(24)16-20)28-22-5-4-19(15-27-22)25(33)29-8-10-34-11-9-29/h1-7,12,14-16H,8-11,13H2,(H,27,28)(H,31,32). The lowest BCUT2D eigenvalue weighted by Crippen LogP contribution is -2.40. The van der Waals surface area contributed by atoms with Crippen LogP contribution in [-0.4, -0.2) is 62.6 Å². The zero-order chi connectivity index (χ0) is 23.5. The summed E-state index contributed by atoms with van der Waals surface area (Å²) in [6, 6.07) is 13.0. The first-order valence-electron chi connectivity index (χ1n) is 10.9. The number of amides is 1. The van der Waals surface area contributed by atoms with Gasteiger partial charge in [0.25, 0.3) is 5.91 Å². The molecule has 1 aliphatic heterocycles. The number of hydrogen-bond donors (Lipinski definition) is 2. The molecular formula is C25H23N5O4. The van der Waals surface area contributed by atoms with Crippen LogP contribution in [0.3, 0.4) is 0 Å². The molecule has 0 spiro atoms. The van der Waals surface area contributed by atoms with E-state index in [4.69, 9.17) is 9.84 Å². The van der Waals surface area contributed by atoms with E-state index in [1.165, 1.54) is 0 Å². The number of benzene rings is 1. The highest BCUT2D eigenvalue weighted by molar-refractivity contribution is 5.94. The molecule has 9 nitrogen and oxygen atoms in total. The lowest BCUT2D eigenvalue weighted by Gasteiger charge is -2.26. The van der Waals surface area contributed by atoms with Crippen LogP contribution in [-0.2, 0) is 16.0 Å². The number of carbonyl (C=O) groups is 2. The minimum Gasteiger partial charge on any atom is -0.481 e. The van der Waals surface area contributed by atoms with E-state index in [0.717, 1.165) is 28.0 Å². The molecule has 34 heavy (non-hydrogen) atoms. The summed E-state index contributed by atoms with van der Waals surface area (Å²) < 4.78 is 7.21. The number of hydrogen-bond acceptors (Lipinski definition) is 6. The van der Waals surface area contributed by atoms with Crippen molar-refractivity contribution in [2.45, 2.75) is 6.42 Å². The van der Waals surface area contributed by atoms with Crippen molar-refractivity contribution in [3.05, 3.63) is 78.4 Å². The molecule has 0 bridgehead atoms. The van der Waals surface area contributed by atoms with Gasteiger partial charge < -0.3 is 24.5 Å². The van der Waals surface area contributed by atoms with Crippen molar-refractivity contribution in [3.8, 4) is 11.1 Å². The van der Waals surface area contributed by atoms with Gasteiger partial charge in [-0.25, -0.2) is 9.97 Å². The molecule has 4 heterocycles. The lowest BCUT2D eigenvalue weighted by molar-refractivity contribution is -0.136. The summed E-state index contributed by atoms with van der Waals surface area (Å²) in [6.45, 7) is 2.26. The number of anilines is 2. The Bertz CT molecular complexity index is 1340. The first-order valence-corrected chi connectivity index (χ1v) is 10.9. The quantitative estimate of drug-likeness (QED) is 0.457. The minimum atomic E-state index is -0.869. The second kappa shape index (κ2) is 9.32. The molecule has 0 unspecified atom stereocenters. The Labute approximate surface area is 195 Å². The van der Waals surface area contributed by atoms with Crippen LogP contribution in [0.25, 0.3) is 16.8 Å². The number of rotatable bonds is 6. The Hall–Kier alpha value is -4.24. The summed E-state index contributed by atoms with van der Waals surface area (Å²) in [5, 5.41) is 12.4. The molecule has 1 aromatic carbocycles. The number of aromatic nitrogens is 3. The fourth-order valence-electron chi connectivity index (χ4n) is 4.00. The maximum Gasteiger partial charge on any atom is 0.307 e. The van der Waals surface area contributed by atoms with Gasteiger partial charge >= 0.3 is 5.97 Å². The molecule has 0 atom stereocenters. The van der Waals surface area contributed by atoms with Crippen molar-refractivity contribution in [2.75, 3.05) is 31.6 Å². The number of pyridine rings is 2. The molecule has 172 valence electrons. The molecule has 1 amide bonds. The van der Waals surface area contributed by atoms with Gasteiger partial charge in [-0.3, -0.25) is 9.59 Å². The third-order valence-corrected chi connectivity index (χ3v) is 5.67. The highest BCUT2D eigenvalue weighted by Gasteiger charge is 2.19. The number of aliphatic carboxylic acids is 1. The fraction of sp³-hybridized carbons (Fsp3) is 0.200. The summed E-state index contributed by atoms with van der Waals surface area (Å²) in [5.74, 6) is -0.340. The average molecular weight is 457 g/mol. The first kappa shape index (κ1) is 21.6. The predicted octanol–water partition coefficient (Wildman–Crippen LogP) is 3.24. The van der Waals surface area contributed by atoms with Gasteiger partial charge in [-0.05, 0) is 29.3 Å². The SMILES string of the molecule is O=C(O)Cc1cccc(-c2cc(Nc3ccc(C(=O)N4CCOCC4)cn3)c3nccn3c2)c1. The number of fused-ring (bicyclic) bond motifs is 1. The molecule has 3 aromatic heterocycles. The highest BCUT2D eigenvalue weighted by atomic mass is 16.5. The summed E-state index contributed by atoms with van der Waals surface area (Å²) in [7, 11) is 0. The second-order valence-electron chi connectivity index (χ2n) is 8.03. The van der Waals surface area contributed by atoms with E-state index in [-0.39, 0.29) is 12.3 Å². The summed E-state index contributed by atoms with van der Waals surface area (Å²) in [6.07, 6.45) is 7.05. The summed E-state index contributed by atoms with van der Waals surface area (Å²) >= 11 is 0. The Kier molecular flexibility index (Phi) is 5.92. The number of nitrogens with one attached hydrogen (secondary N) is 1. The number of carboxylic acids is 1. The number of carbonyl (C=O) groups excluding carboxylic acids is 1. The third kappa shape index (κ3) is 4.60. The zero-order valence-corrected chi connectivity index (χ0v) is 18.3. The molecule has 1 saturated heterocycles. The smallest absolute Gasteiger partial charge is 0.307 e. The van der Waals surface area contributed by atoms with E-state index in [9.17, 15) is 9.59 Å². The largest absolute Gasteiger partial charge is 0.481 e. The third-order valence-electron chi connectivity index (χ3n) is 5.67. The Morgan fingerprint density at radius 1 is 1.06 bits per heavy atom. The van der Waals surface area contributed by atoms with Crippen molar-refractivity contribution < 1.29 is 19.4 Å². The predicted molar refractivity (Wildman–Crippen MR) is 126 cm³/mol. The molecule has 4 aromatic rings. The van der Waals surface area contributed by atoms with E-state index in [2.05, 4.69) is 15.3 Å². The van der Waals surface area contributed by atoms with Gasteiger partial charge in [0.1, 0.15) is 5.82 Å².